The van der Waals surface area contributed by atoms with Crippen LogP contribution in [0.25, 0.3) is 0 Å². The number of nitrogens with one attached hydrogen (secondary N) is 1. The van der Waals surface area contributed by atoms with E-state index in [1.807, 2.05) is 30.9 Å². The number of hydrogen-bond donors (Lipinski definition) is 1. The Morgan fingerprint density at radius 3 is 2.47 bits per heavy atom. The minimum absolute atomic E-state index is 0.0829. The number of ether oxygens (including phenoxy) is 1. The van der Waals surface area contributed by atoms with Crippen LogP contribution in [0.1, 0.15) is 37.4 Å². The number of piperazine rings is 1. The van der Waals surface area contributed by atoms with Crippen molar-refractivity contribution in [3.05, 3.63) is 70.3 Å². The van der Waals surface area contributed by atoms with E-state index in [1.54, 1.807) is 6.07 Å². The summed E-state index contributed by atoms with van der Waals surface area (Å²) in [6, 6.07) is 10.1. The number of amides is 2. The monoisotopic (exact) mass is 497 g/mol. The molecule has 8 nitrogen and oxygen atoms in total. The highest BCUT2D eigenvalue weighted by Crippen LogP contribution is 2.38. The summed E-state index contributed by atoms with van der Waals surface area (Å²) in [5, 5.41) is 11.2. The van der Waals surface area contributed by atoms with Crippen molar-refractivity contribution in [1.82, 2.24) is 15.1 Å². The quantitative estimate of drug-likeness (QED) is 0.564. The third kappa shape index (κ3) is 4.32. The largest absolute Gasteiger partial charge is 0.434 e. The molecule has 0 saturated carbocycles. The van der Waals surface area contributed by atoms with E-state index in [9.17, 15) is 22.8 Å². The van der Waals surface area contributed by atoms with Crippen molar-refractivity contribution in [3.8, 4) is 11.6 Å². The minimum Gasteiger partial charge on any atom is -0.434 e. The highest BCUT2D eigenvalue weighted by atomic mass is 19.4. The van der Waals surface area contributed by atoms with Crippen LogP contribution in [-0.2, 0) is 6.18 Å². The maximum Gasteiger partial charge on any atom is 0.417 e. The van der Waals surface area contributed by atoms with Crippen molar-refractivity contribution in [3.63, 3.8) is 0 Å². The average Bonchev–Trinajstić information content (AvgIpc) is 2.99. The molecule has 11 heteroatoms. The van der Waals surface area contributed by atoms with E-state index in [0.717, 1.165) is 17.2 Å². The van der Waals surface area contributed by atoms with E-state index in [1.165, 1.54) is 23.1 Å². The fraction of sp³-hybridized carbons (Fsp3) is 0.280. The van der Waals surface area contributed by atoms with Crippen molar-refractivity contribution in [2.75, 3.05) is 36.4 Å². The highest BCUT2D eigenvalue weighted by Gasteiger charge is 2.36. The number of rotatable bonds is 2. The van der Waals surface area contributed by atoms with Gasteiger partial charge in [0.2, 0.25) is 0 Å². The van der Waals surface area contributed by atoms with Gasteiger partial charge < -0.3 is 19.9 Å². The third-order valence-corrected chi connectivity index (χ3v) is 6.21. The SMILES string of the molecule is Cc1cc(C)c2c(c1)NC(=O)c1cc(N3CCN(C(=O)c4ccccc4C(F)(F)F)CC3)nnc1O2. The van der Waals surface area contributed by atoms with Crippen LogP contribution in [0.3, 0.4) is 0 Å². The Kier molecular flexibility index (Phi) is 5.77. The molecule has 2 aliphatic heterocycles. The van der Waals surface area contributed by atoms with Crippen molar-refractivity contribution in [2.45, 2.75) is 20.0 Å². The zero-order valence-corrected chi connectivity index (χ0v) is 19.5. The molecule has 5 rings (SSSR count). The molecule has 2 aliphatic rings. The van der Waals surface area contributed by atoms with Crippen LogP contribution in [0.5, 0.6) is 11.6 Å². The summed E-state index contributed by atoms with van der Waals surface area (Å²) in [7, 11) is 0. The van der Waals surface area contributed by atoms with E-state index >= 15 is 0 Å². The summed E-state index contributed by atoms with van der Waals surface area (Å²) < 4.78 is 46.0. The number of anilines is 2. The standard InChI is InChI=1S/C25H22F3N5O3/c1-14-11-15(2)21-19(12-14)29-22(34)17-13-20(30-31-23(17)36-21)32-7-9-33(10-8-32)24(35)16-5-3-4-6-18(16)25(26,27)28/h3-6,11-13H,7-10H2,1-2H3,(H,29,34). The van der Waals surface area contributed by atoms with Gasteiger partial charge in [0.15, 0.2) is 11.6 Å². The van der Waals surface area contributed by atoms with Gasteiger partial charge in [-0.2, -0.15) is 13.2 Å². The van der Waals surface area contributed by atoms with Gasteiger partial charge in [0.1, 0.15) is 5.56 Å². The lowest BCUT2D eigenvalue weighted by atomic mass is 10.1. The first-order chi connectivity index (χ1) is 17.1. The highest BCUT2D eigenvalue weighted by molar-refractivity contribution is 6.08. The van der Waals surface area contributed by atoms with E-state index < -0.39 is 17.6 Å². The number of aromatic nitrogens is 2. The number of aryl methyl sites for hydroxylation is 2. The van der Waals surface area contributed by atoms with E-state index in [4.69, 9.17) is 4.74 Å². The predicted molar refractivity (Wildman–Crippen MR) is 126 cm³/mol. The smallest absolute Gasteiger partial charge is 0.417 e. The number of hydrogen-bond acceptors (Lipinski definition) is 6. The van der Waals surface area contributed by atoms with E-state index in [2.05, 4.69) is 15.5 Å². The molecule has 1 saturated heterocycles. The van der Waals surface area contributed by atoms with Crippen LogP contribution in [0.2, 0.25) is 0 Å². The summed E-state index contributed by atoms with van der Waals surface area (Å²) in [5.41, 5.74) is 1.25. The molecule has 0 bridgehead atoms. The number of fused-ring (bicyclic) bond motifs is 2. The van der Waals surface area contributed by atoms with Crippen LogP contribution >= 0.6 is 0 Å². The minimum atomic E-state index is -4.62. The lowest BCUT2D eigenvalue weighted by molar-refractivity contribution is -0.138. The predicted octanol–water partition coefficient (Wildman–Crippen LogP) is 4.43. The van der Waals surface area contributed by atoms with E-state index in [-0.39, 0.29) is 36.0 Å². The van der Waals surface area contributed by atoms with Gasteiger partial charge in [-0.05, 0) is 43.2 Å². The molecule has 2 amide bonds. The van der Waals surface area contributed by atoms with Gasteiger partial charge in [-0.15, -0.1) is 10.2 Å². The molecule has 0 unspecified atom stereocenters. The van der Waals surface area contributed by atoms with Crippen LogP contribution < -0.4 is 15.0 Å². The molecule has 1 N–H and O–H groups in total. The van der Waals surface area contributed by atoms with E-state index in [0.29, 0.717) is 30.3 Å². The molecule has 1 fully saturated rings. The first kappa shape index (κ1) is 23.6. The molecule has 1 aromatic heterocycles. The maximum atomic E-state index is 13.3. The Bertz CT molecular complexity index is 1370. The molecule has 36 heavy (non-hydrogen) atoms. The van der Waals surface area contributed by atoms with Crippen LogP contribution in [0.4, 0.5) is 24.7 Å². The van der Waals surface area contributed by atoms with Crippen LogP contribution in [0.15, 0.2) is 42.5 Å². The van der Waals surface area contributed by atoms with Gasteiger partial charge in [0.05, 0.1) is 16.8 Å². The Balaban J connectivity index is 1.33. The summed E-state index contributed by atoms with van der Waals surface area (Å²) in [6.45, 7) is 4.80. The molecule has 0 atom stereocenters. The molecular weight excluding hydrogens is 475 g/mol. The zero-order chi connectivity index (χ0) is 25.6. The van der Waals surface area contributed by atoms with Crippen molar-refractivity contribution >= 4 is 23.3 Å². The second-order valence-electron chi connectivity index (χ2n) is 8.76. The number of carbonyl (C=O) groups is 2. The molecular formula is C25H22F3N5O3. The number of benzene rings is 2. The van der Waals surface area contributed by atoms with Crippen molar-refractivity contribution in [2.24, 2.45) is 0 Å². The maximum absolute atomic E-state index is 13.3. The van der Waals surface area contributed by atoms with Gasteiger partial charge in [-0.1, -0.05) is 18.2 Å². The van der Waals surface area contributed by atoms with Crippen molar-refractivity contribution in [1.29, 1.82) is 0 Å². The molecule has 0 radical (unpaired) electrons. The number of carbonyl (C=O) groups excluding carboxylic acids is 2. The Labute approximate surface area is 204 Å². The van der Waals surface area contributed by atoms with Crippen LogP contribution in [0, 0.1) is 13.8 Å². The van der Waals surface area contributed by atoms with Crippen molar-refractivity contribution < 1.29 is 27.5 Å². The first-order valence-corrected chi connectivity index (χ1v) is 11.3. The average molecular weight is 497 g/mol. The molecule has 0 aliphatic carbocycles. The van der Waals surface area contributed by atoms with Crippen LogP contribution in [-0.4, -0.2) is 53.1 Å². The summed E-state index contributed by atoms with van der Waals surface area (Å²) in [5.74, 6) is -0.0658. The number of nitrogens with zero attached hydrogens (tertiary/aromatic N) is 4. The van der Waals surface area contributed by atoms with Gasteiger partial charge in [-0.3, -0.25) is 9.59 Å². The lowest BCUT2D eigenvalue weighted by Gasteiger charge is -2.35. The zero-order valence-electron chi connectivity index (χ0n) is 19.5. The lowest BCUT2D eigenvalue weighted by Crippen LogP contribution is -2.49. The van der Waals surface area contributed by atoms with Gasteiger partial charge in [0.25, 0.3) is 17.7 Å². The third-order valence-electron chi connectivity index (χ3n) is 6.21. The molecule has 3 aromatic rings. The van der Waals surface area contributed by atoms with Gasteiger partial charge in [0, 0.05) is 32.2 Å². The molecule has 0 spiro atoms. The fourth-order valence-corrected chi connectivity index (χ4v) is 4.46. The Morgan fingerprint density at radius 2 is 1.75 bits per heavy atom. The Morgan fingerprint density at radius 1 is 1.03 bits per heavy atom. The second-order valence-corrected chi connectivity index (χ2v) is 8.76. The number of halogens is 3. The molecule has 3 heterocycles. The summed E-state index contributed by atoms with van der Waals surface area (Å²) in [4.78, 5) is 29.0. The second kappa shape index (κ2) is 8.81. The fourth-order valence-electron chi connectivity index (χ4n) is 4.46. The normalized spacial score (nSPS) is 15.4. The Hall–Kier alpha value is -4.15. The number of alkyl halides is 3. The molecule has 2 aromatic carbocycles. The topological polar surface area (TPSA) is 87.7 Å². The van der Waals surface area contributed by atoms with Gasteiger partial charge >= 0.3 is 6.18 Å². The summed E-state index contributed by atoms with van der Waals surface area (Å²) >= 11 is 0. The molecule has 186 valence electrons. The van der Waals surface area contributed by atoms with Gasteiger partial charge in [-0.25, -0.2) is 0 Å². The first-order valence-electron chi connectivity index (χ1n) is 11.3. The summed E-state index contributed by atoms with van der Waals surface area (Å²) in [6.07, 6.45) is -4.62.